The summed E-state index contributed by atoms with van der Waals surface area (Å²) < 4.78 is 17.1. The Morgan fingerprint density at radius 3 is 2.41 bits per heavy atom. The third-order valence-corrected chi connectivity index (χ3v) is 6.09. The molecule has 1 heterocycles. The van der Waals surface area contributed by atoms with Gasteiger partial charge in [-0.25, -0.2) is 9.78 Å². The van der Waals surface area contributed by atoms with Crippen LogP contribution < -0.4 is 9.64 Å². The summed E-state index contributed by atoms with van der Waals surface area (Å²) >= 11 is 0. The highest BCUT2D eigenvalue weighted by molar-refractivity contribution is 5.91. The lowest BCUT2D eigenvalue weighted by atomic mass is 10.1. The van der Waals surface area contributed by atoms with Gasteiger partial charge >= 0.3 is 5.97 Å². The lowest BCUT2D eigenvalue weighted by molar-refractivity contribution is 0.0525. The fourth-order valence-electron chi connectivity index (χ4n) is 4.22. The number of hydrogen-bond acceptors (Lipinski definition) is 6. The minimum absolute atomic E-state index is 0.281. The summed E-state index contributed by atoms with van der Waals surface area (Å²) in [6.07, 6.45) is 1.65. The Morgan fingerprint density at radius 2 is 1.68 bits per heavy atom. The molecular formula is C31H34N2O4. The number of oxazole rings is 1. The molecule has 0 N–H and O–H groups in total. The lowest BCUT2D eigenvalue weighted by Gasteiger charge is -2.25. The van der Waals surface area contributed by atoms with E-state index >= 15 is 0 Å². The first-order chi connectivity index (χ1) is 18.1. The van der Waals surface area contributed by atoms with E-state index in [0.29, 0.717) is 37.6 Å². The number of nitrogens with zero attached hydrogens (tertiary/aromatic N) is 2. The summed E-state index contributed by atoms with van der Waals surface area (Å²) in [5.41, 5.74) is 4.52. The summed E-state index contributed by atoms with van der Waals surface area (Å²) in [4.78, 5) is 19.3. The zero-order chi connectivity index (χ0) is 26.0. The molecule has 192 valence electrons. The molecule has 6 heteroatoms. The molecule has 0 saturated heterocycles. The fourth-order valence-corrected chi connectivity index (χ4v) is 4.22. The number of carbonyl (C=O) groups excluding carboxylic acids is 1. The van der Waals surface area contributed by atoms with Crippen molar-refractivity contribution in [3.63, 3.8) is 0 Å². The van der Waals surface area contributed by atoms with E-state index in [1.54, 1.807) is 0 Å². The van der Waals surface area contributed by atoms with Crippen LogP contribution in [-0.2, 0) is 17.7 Å². The number of benzene rings is 3. The van der Waals surface area contributed by atoms with Gasteiger partial charge in [-0.3, -0.25) is 0 Å². The van der Waals surface area contributed by atoms with E-state index in [1.165, 1.54) is 0 Å². The zero-order valence-corrected chi connectivity index (χ0v) is 21.8. The molecule has 0 unspecified atom stereocenters. The number of carbonyl (C=O) groups is 1. The molecule has 0 amide bonds. The van der Waals surface area contributed by atoms with E-state index in [9.17, 15) is 4.79 Å². The van der Waals surface area contributed by atoms with Crippen LogP contribution in [0.1, 0.15) is 47.6 Å². The maximum atomic E-state index is 12.4. The topological polar surface area (TPSA) is 64.8 Å². The number of ether oxygens (including phenoxy) is 2. The van der Waals surface area contributed by atoms with E-state index < -0.39 is 0 Å². The molecular weight excluding hydrogens is 464 g/mol. The summed E-state index contributed by atoms with van der Waals surface area (Å²) in [5.74, 6) is 1.97. The summed E-state index contributed by atoms with van der Waals surface area (Å²) in [5, 5.41) is 0. The van der Waals surface area contributed by atoms with Gasteiger partial charge in [0.05, 0.1) is 24.5 Å². The van der Waals surface area contributed by atoms with Crippen molar-refractivity contribution in [2.45, 2.75) is 40.2 Å². The molecule has 4 rings (SSSR count). The van der Waals surface area contributed by atoms with Gasteiger partial charge in [-0.1, -0.05) is 43.3 Å². The largest absolute Gasteiger partial charge is 0.493 e. The molecule has 0 aliphatic rings. The normalized spacial score (nSPS) is 10.8. The molecule has 3 aromatic carbocycles. The minimum atomic E-state index is -0.281. The number of hydrogen-bond donors (Lipinski definition) is 0. The van der Waals surface area contributed by atoms with Gasteiger partial charge in [0, 0.05) is 30.8 Å². The van der Waals surface area contributed by atoms with Crippen molar-refractivity contribution in [2.24, 2.45) is 0 Å². The molecule has 4 aromatic rings. The molecule has 0 fully saturated rings. The average Bonchev–Trinajstić information content (AvgIpc) is 3.30. The molecule has 37 heavy (non-hydrogen) atoms. The Balaban J connectivity index is 1.38. The van der Waals surface area contributed by atoms with Crippen molar-refractivity contribution in [3.05, 3.63) is 101 Å². The van der Waals surface area contributed by atoms with Crippen molar-refractivity contribution >= 4 is 11.7 Å². The SMILES string of the molecule is CCCN(Cc1ccccc1C(=O)OCC)c1ccc(OCCc2nc(-c3ccccc3)oc2C)cc1. The number of rotatable bonds is 12. The third kappa shape index (κ3) is 6.79. The standard InChI is InChI=1S/C31H34N2O4/c1-4-20-33(22-25-13-9-10-14-28(25)31(34)35-5-2)26-15-17-27(18-16-26)36-21-19-29-23(3)37-30(32-29)24-11-7-6-8-12-24/h6-18H,4-5,19-22H2,1-3H3. The summed E-state index contributed by atoms with van der Waals surface area (Å²) in [6, 6.07) is 25.6. The van der Waals surface area contributed by atoms with Gasteiger partial charge in [-0.15, -0.1) is 0 Å². The second-order valence-corrected chi connectivity index (χ2v) is 8.78. The van der Waals surface area contributed by atoms with Gasteiger partial charge in [0.1, 0.15) is 11.5 Å². The maximum Gasteiger partial charge on any atom is 0.338 e. The van der Waals surface area contributed by atoms with Crippen LogP contribution in [0.3, 0.4) is 0 Å². The van der Waals surface area contributed by atoms with Crippen LogP contribution in [-0.4, -0.2) is 30.7 Å². The highest BCUT2D eigenvalue weighted by Gasteiger charge is 2.15. The van der Waals surface area contributed by atoms with Crippen molar-refractivity contribution in [2.75, 3.05) is 24.7 Å². The molecule has 1 aromatic heterocycles. The highest BCUT2D eigenvalue weighted by Crippen LogP contribution is 2.25. The number of anilines is 1. The lowest BCUT2D eigenvalue weighted by Crippen LogP contribution is -2.25. The first kappa shape index (κ1) is 26.0. The predicted octanol–water partition coefficient (Wildman–Crippen LogP) is 6.86. The number of esters is 1. The molecule has 0 radical (unpaired) electrons. The average molecular weight is 499 g/mol. The second kappa shape index (κ2) is 12.8. The second-order valence-electron chi connectivity index (χ2n) is 8.78. The van der Waals surface area contributed by atoms with Crippen LogP contribution in [0.25, 0.3) is 11.5 Å². The molecule has 6 nitrogen and oxygen atoms in total. The smallest absolute Gasteiger partial charge is 0.338 e. The van der Waals surface area contributed by atoms with E-state index in [2.05, 4.69) is 28.9 Å². The van der Waals surface area contributed by atoms with Crippen molar-refractivity contribution in [1.82, 2.24) is 4.98 Å². The first-order valence-corrected chi connectivity index (χ1v) is 12.8. The van der Waals surface area contributed by atoms with Crippen molar-refractivity contribution < 1.29 is 18.7 Å². The highest BCUT2D eigenvalue weighted by atomic mass is 16.5. The predicted molar refractivity (Wildman–Crippen MR) is 146 cm³/mol. The Hall–Kier alpha value is -4.06. The van der Waals surface area contributed by atoms with Crippen LogP contribution >= 0.6 is 0 Å². The van der Waals surface area contributed by atoms with Gasteiger partial charge in [-0.05, 0) is 68.3 Å². The van der Waals surface area contributed by atoms with E-state index in [0.717, 1.165) is 47.0 Å². The quantitative estimate of drug-likeness (QED) is 0.199. The van der Waals surface area contributed by atoms with Gasteiger partial charge in [0.15, 0.2) is 0 Å². The number of aryl methyl sites for hydroxylation is 1. The van der Waals surface area contributed by atoms with Gasteiger partial charge in [0.25, 0.3) is 0 Å². The molecule has 0 spiro atoms. The fraction of sp³-hybridized carbons (Fsp3) is 0.290. The summed E-state index contributed by atoms with van der Waals surface area (Å²) in [7, 11) is 0. The molecule has 0 saturated carbocycles. The maximum absolute atomic E-state index is 12.4. The Kier molecular flexibility index (Phi) is 8.98. The van der Waals surface area contributed by atoms with Crippen LogP contribution in [0.5, 0.6) is 5.75 Å². The van der Waals surface area contributed by atoms with Crippen LogP contribution in [0.15, 0.2) is 83.3 Å². The Bertz CT molecular complexity index is 1280. The van der Waals surface area contributed by atoms with E-state index in [1.807, 2.05) is 80.6 Å². The van der Waals surface area contributed by atoms with E-state index in [-0.39, 0.29) is 5.97 Å². The van der Waals surface area contributed by atoms with Gasteiger partial charge < -0.3 is 18.8 Å². The molecule has 0 atom stereocenters. The molecule has 0 aliphatic carbocycles. The molecule has 0 aliphatic heterocycles. The van der Waals surface area contributed by atoms with Crippen LogP contribution in [0, 0.1) is 6.92 Å². The van der Waals surface area contributed by atoms with Crippen molar-refractivity contribution in [1.29, 1.82) is 0 Å². The van der Waals surface area contributed by atoms with E-state index in [4.69, 9.17) is 13.9 Å². The summed E-state index contributed by atoms with van der Waals surface area (Å²) in [6.45, 7) is 8.26. The van der Waals surface area contributed by atoms with Gasteiger partial charge in [-0.2, -0.15) is 0 Å². The van der Waals surface area contributed by atoms with Crippen LogP contribution in [0.4, 0.5) is 5.69 Å². The zero-order valence-electron chi connectivity index (χ0n) is 21.8. The minimum Gasteiger partial charge on any atom is -0.493 e. The van der Waals surface area contributed by atoms with Crippen molar-refractivity contribution in [3.8, 4) is 17.2 Å². The molecule has 0 bridgehead atoms. The first-order valence-electron chi connectivity index (χ1n) is 12.8. The monoisotopic (exact) mass is 498 g/mol. The van der Waals surface area contributed by atoms with Gasteiger partial charge in [0.2, 0.25) is 5.89 Å². The van der Waals surface area contributed by atoms with Crippen LogP contribution in [0.2, 0.25) is 0 Å². The Morgan fingerprint density at radius 1 is 0.946 bits per heavy atom. The number of aromatic nitrogens is 1. The third-order valence-electron chi connectivity index (χ3n) is 6.09. The Labute approximate surface area is 218 Å².